The van der Waals surface area contributed by atoms with Gasteiger partial charge in [-0.05, 0) is 66.6 Å². The van der Waals surface area contributed by atoms with Crippen LogP contribution in [0.5, 0.6) is 11.5 Å². The molecule has 0 bridgehead atoms. The minimum atomic E-state index is -4.00. The van der Waals surface area contributed by atoms with Gasteiger partial charge in [-0.25, -0.2) is 13.2 Å². The van der Waals surface area contributed by atoms with Gasteiger partial charge >= 0.3 is 0 Å². The van der Waals surface area contributed by atoms with E-state index in [-0.39, 0.29) is 22.8 Å². The molecule has 0 heterocycles. The first-order chi connectivity index (χ1) is 16.2. The highest BCUT2D eigenvalue weighted by Crippen LogP contribution is 2.39. The summed E-state index contributed by atoms with van der Waals surface area (Å²) in [6.45, 7) is 1.80. The van der Waals surface area contributed by atoms with E-state index in [1.807, 2.05) is 18.1 Å². The summed E-state index contributed by atoms with van der Waals surface area (Å²) in [6, 6.07) is 16.6. The molecule has 1 unspecified atom stereocenters. The van der Waals surface area contributed by atoms with Gasteiger partial charge in [-0.2, -0.15) is 0 Å². The van der Waals surface area contributed by atoms with Crippen molar-refractivity contribution in [3.63, 3.8) is 0 Å². The summed E-state index contributed by atoms with van der Waals surface area (Å²) in [5, 5.41) is 2.27. The minimum Gasteiger partial charge on any atom is -0.493 e. The number of hydrogen-bond donors (Lipinski definition) is 1. The Morgan fingerprint density at radius 1 is 1.03 bits per heavy atom. The Kier molecular flexibility index (Phi) is 8.44. The zero-order valence-corrected chi connectivity index (χ0v) is 21.9. The first-order valence-electron chi connectivity index (χ1n) is 10.2. The van der Waals surface area contributed by atoms with Crippen molar-refractivity contribution in [2.75, 3.05) is 19.5 Å². The second-order valence-corrected chi connectivity index (χ2v) is 11.0. The van der Waals surface area contributed by atoms with Crippen molar-refractivity contribution in [3.05, 3.63) is 87.0 Å². The predicted octanol–water partition coefficient (Wildman–Crippen LogP) is 6.16. The van der Waals surface area contributed by atoms with Crippen molar-refractivity contribution in [3.8, 4) is 11.5 Å². The number of anilines is 1. The molecule has 0 aliphatic carbocycles. The van der Waals surface area contributed by atoms with Gasteiger partial charge in [-0.15, -0.1) is 0 Å². The fraction of sp³-hybridized carbons (Fsp3) is 0.200. The van der Waals surface area contributed by atoms with E-state index in [0.29, 0.717) is 22.0 Å². The third kappa shape index (κ3) is 5.83. The molecule has 3 aromatic rings. The van der Waals surface area contributed by atoms with Crippen LogP contribution >= 0.6 is 27.5 Å². The Morgan fingerprint density at radius 3 is 2.32 bits per heavy atom. The predicted molar refractivity (Wildman–Crippen MR) is 137 cm³/mol. The number of aryl methyl sites for hydroxylation is 1. The zero-order chi connectivity index (χ0) is 24.9. The van der Waals surface area contributed by atoms with Crippen molar-refractivity contribution >= 4 is 49.0 Å². The molecule has 0 aromatic heterocycles. The van der Waals surface area contributed by atoms with Gasteiger partial charge in [-0.3, -0.25) is 0 Å². The average Bonchev–Trinajstić information content (AvgIpc) is 2.84. The molecule has 0 aliphatic heterocycles. The summed E-state index contributed by atoms with van der Waals surface area (Å²) in [7, 11) is -1.09. The summed E-state index contributed by atoms with van der Waals surface area (Å²) in [4.78, 5) is 11.9. The summed E-state index contributed by atoms with van der Waals surface area (Å²) in [5.41, 5.74) is 1.95. The molecule has 0 saturated heterocycles. The molecule has 0 aliphatic rings. The molecule has 3 aromatic carbocycles. The molecular formula is C25H23BrClNO5S. The first kappa shape index (κ1) is 25.8. The van der Waals surface area contributed by atoms with Crippen molar-refractivity contribution in [2.24, 2.45) is 0 Å². The number of carbonyl (C=O) groups excluding carboxylic acids is 1. The Morgan fingerprint density at radius 2 is 1.71 bits per heavy atom. The fourth-order valence-corrected chi connectivity index (χ4v) is 5.79. The van der Waals surface area contributed by atoms with E-state index in [1.54, 1.807) is 37.3 Å². The van der Waals surface area contributed by atoms with Crippen LogP contribution in [0.2, 0.25) is 5.02 Å². The van der Waals surface area contributed by atoms with Crippen LogP contribution in [0.15, 0.2) is 75.7 Å². The molecule has 0 amide bonds. The van der Waals surface area contributed by atoms with Crippen molar-refractivity contribution in [2.45, 2.75) is 23.5 Å². The summed E-state index contributed by atoms with van der Waals surface area (Å²) in [6.07, 6.45) is -0.141. The maximum atomic E-state index is 13.9. The molecule has 0 saturated carbocycles. The quantitative estimate of drug-likeness (QED) is 0.314. The second-order valence-electron chi connectivity index (χ2n) is 7.47. The number of rotatable bonds is 9. The molecule has 3 rings (SSSR count). The number of nitrogens with one attached hydrogen (secondary N) is 1. The minimum absolute atomic E-state index is 0.0309. The van der Waals surface area contributed by atoms with Crippen LogP contribution < -0.4 is 14.8 Å². The van der Waals surface area contributed by atoms with E-state index in [2.05, 4.69) is 21.2 Å². The van der Waals surface area contributed by atoms with E-state index < -0.39 is 15.1 Å². The van der Waals surface area contributed by atoms with Crippen molar-refractivity contribution < 1.29 is 22.7 Å². The summed E-state index contributed by atoms with van der Waals surface area (Å²) >= 11 is 9.59. The Labute approximate surface area is 212 Å². The topological polar surface area (TPSA) is 81.7 Å². The number of sulfone groups is 1. The fourth-order valence-electron chi connectivity index (χ4n) is 3.51. The number of methoxy groups -OCH3 is 2. The average molecular weight is 565 g/mol. The molecule has 0 spiro atoms. The van der Waals surface area contributed by atoms with Gasteiger partial charge in [0.2, 0.25) is 0 Å². The van der Waals surface area contributed by atoms with E-state index in [0.717, 1.165) is 10.0 Å². The highest BCUT2D eigenvalue weighted by molar-refractivity contribution is 9.10. The SMILES string of the molecule is COc1ccc(S(=O)(=O)C(CC(=C=O)Nc2ccc(Br)cc2)c2cc(Cl)ccc2C)cc1OC. The third-order valence-electron chi connectivity index (χ3n) is 5.30. The highest BCUT2D eigenvalue weighted by Gasteiger charge is 2.32. The lowest BCUT2D eigenvalue weighted by molar-refractivity contribution is 0.354. The number of ether oxygens (including phenoxy) is 2. The van der Waals surface area contributed by atoms with Crippen LogP contribution in [0, 0.1) is 6.92 Å². The van der Waals surface area contributed by atoms with E-state index in [4.69, 9.17) is 21.1 Å². The van der Waals surface area contributed by atoms with Crippen molar-refractivity contribution in [1.29, 1.82) is 0 Å². The van der Waals surface area contributed by atoms with Gasteiger partial charge in [0.15, 0.2) is 21.3 Å². The van der Waals surface area contributed by atoms with Crippen LogP contribution in [-0.2, 0) is 14.6 Å². The van der Waals surface area contributed by atoms with Crippen LogP contribution in [0.3, 0.4) is 0 Å². The number of hydrogen-bond acceptors (Lipinski definition) is 6. The maximum absolute atomic E-state index is 13.9. The van der Waals surface area contributed by atoms with Gasteiger partial charge in [-0.1, -0.05) is 33.6 Å². The molecule has 0 radical (unpaired) electrons. The normalized spacial score (nSPS) is 11.9. The molecule has 9 heteroatoms. The second kappa shape index (κ2) is 11.1. The lowest BCUT2D eigenvalue weighted by Gasteiger charge is -2.22. The Bertz CT molecular complexity index is 1340. The smallest absolute Gasteiger partial charge is 0.185 e. The molecular weight excluding hydrogens is 542 g/mol. The van der Waals surface area contributed by atoms with E-state index >= 15 is 0 Å². The van der Waals surface area contributed by atoms with Gasteiger partial charge < -0.3 is 14.8 Å². The first-order valence-corrected chi connectivity index (χ1v) is 12.9. The van der Waals surface area contributed by atoms with Crippen LogP contribution in [-0.4, -0.2) is 28.6 Å². The van der Waals surface area contributed by atoms with Crippen molar-refractivity contribution in [1.82, 2.24) is 0 Å². The molecule has 34 heavy (non-hydrogen) atoms. The van der Waals surface area contributed by atoms with E-state index in [1.165, 1.54) is 32.4 Å². The van der Waals surface area contributed by atoms with Crippen LogP contribution in [0.25, 0.3) is 0 Å². The summed E-state index contributed by atoms with van der Waals surface area (Å²) in [5.74, 6) is 2.55. The van der Waals surface area contributed by atoms with Crippen LogP contribution in [0.4, 0.5) is 5.69 Å². The van der Waals surface area contributed by atoms with Gasteiger partial charge in [0.05, 0.1) is 24.4 Å². The zero-order valence-electron chi connectivity index (χ0n) is 18.8. The molecule has 6 nitrogen and oxygen atoms in total. The molecule has 178 valence electrons. The Balaban J connectivity index is 2.09. The maximum Gasteiger partial charge on any atom is 0.185 e. The number of halogens is 2. The molecule has 0 fully saturated rings. The standard InChI is InChI=1S/C25H23BrClNO5S/c1-16-4-7-18(27)12-22(16)25(13-20(15-29)28-19-8-5-17(26)6-9-19)34(30,31)21-10-11-23(32-2)24(14-21)33-3/h4-12,14,25,28H,13H2,1-3H3. The number of benzene rings is 3. The van der Waals surface area contributed by atoms with E-state index in [9.17, 15) is 13.2 Å². The monoisotopic (exact) mass is 563 g/mol. The summed E-state index contributed by atoms with van der Waals surface area (Å²) < 4.78 is 39.2. The largest absolute Gasteiger partial charge is 0.493 e. The van der Waals surface area contributed by atoms with Crippen LogP contribution in [0.1, 0.15) is 22.8 Å². The third-order valence-corrected chi connectivity index (χ3v) is 8.14. The molecule has 1 N–H and O–H groups in total. The highest BCUT2D eigenvalue weighted by atomic mass is 79.9. The van der Waals surface area contributed by atoms with Gasteiger partial charge in [0, 0.05) is 27.7 Å². The number of allylic oxidation sites excluding steroid dienone is 1. The lowest BCUT2D eigenvalue weighted by atomic mass is 10.0. The van der Waals surface area contributed by atoms with Gasteiger partial charge in [0.1, 0.15) is 11.6 Å². The Hall–Kier alpha value is -2.77. The van der Waals surface area contributed by atoms with Gasteiger partial charge in [0.25, 0.3) is 0 Å². The molecule has 1 atom stereocenters. The lowest BCUT2D eigenvalue weighted by Crippen LogP contribution is -2.18.